The normalized spacial score (nSPS) is 14.2. The van der Waals surface area contributed by atoms with E-state index in [0.717, 1.165) is 16.9 Å². The molecule has 2 amide bonds. The van der Waals surface area contributed by atoms with Gasteiger partial charge in [-0.2, -0.15) is 5.10 Å². The Balaban J connectivity index is 1.29. The molecule has 166 valence electrons. The second kappa shape index (κ2) is 10.1. The minimum Gasteiger partial charge on any atom is -0.494 e. The van der Waals surface area contributed by atoms with Gasteiger partial charge in [-0.05, 0) is 44.0 Å². The van der Waals surface area contributed by atoms with Crippen LogP contribution in [0.15, 0.2) is 54.9 Å². The topological polar surface area (TPSA) is 100 Å². The van der Waals surface area contributed by atoms with Crippen LogP contribution in [0.5, 0.6) is 5.75 Å². The van der Waals surface area contributed by atoms with Crippen LogP contribution in [0.3, 0.4) is 0 Å². The number of ether oxygens (including phenoxy) is 1. The molecule has 1 fully saturated rings. The van der Waals surface area contributed by atoms with Crippen molar-refractivity contribution in [1.82, 2.24) is 25.4 Å². The molecule has 8 nitrogen and oxygen atoms in total. The fraction of sp³-hybridized carbons (Fsp3) is 0.333. The molecule has 3 aromatic rings. The lowest BCUT2D eigenvalue weighted by Gasteiger charge is -2.31. The zero-order valence-electron chi connectivity index (χ0n) is 18.1. The van der Waals surface area contributed by atoms with Crippen LogP contribution in [-0.2, 0) is 11.3 Å². The van der Waals surface area contributed by atoms with Crippen LogP contribution in [0.25, 0.3) is 11.3 Å². The first-order chi connectivity index (χ1) is 15.7. The van der Waals surface area contributed by atoms with E-state index in [-0.39, 0.29) is 17.7 Å². The van der Waals surface area contributed by atoms with E-state index in [2.05, 4.69) is 20.5 Å². The minimum absolute atomic E-state index is 0.0174. The number of hydrogen-bond acceptors (Lipinski definition) is 5. The highest BCUT2D eigenvalue weighted by atomic mass is 16.5. The first-order valence-corrected chi connectivity index (χ1v) is 10.9. The van der Waals surface area contributed by atoms with E-state index in [0.29, 0.717) is 50.5 Å². The van der Waals surface area contributed by atoms with Gasteiger partial charge in [-0.1, -0.05) is 18.2 Å². The number of aromatic nitrogens is 3. The molecule has 1 aliphatic rings. The van der Waals surface area contributed by atoms with Gasteiger partial charge < -0.3 is 15.0 Å². The van der Waals surface area contributed by atoms with Crippen molar-refractivity contribution in [3.63, 3.8) is 0 Å². The minimum atomic E-state index is -0.106. The van der Waals surface area contributed by atoms with Gasteiger partial charge in [0.15, 0.2) is 0 Å². The largest absolute Gasteiger partial charge is 0.494 e. The molecule has 1 aliphatic heterocycles. The zero-order valence-corrected chi connectivity index (χ0v) is 18.1. The second-order valence-electron chi connectivity index (χ2n) is 7.73. The van der Waals surface area contributed by atoms with Crippen LogP contribution in [0, 0.1) is 5.92 Å². The number of rotatable bonds is 7. The Labute approximate surface area is 187 Å². The quantitative estimate of drug-likeness (QED) is 0.597. The number of pyridine rings is 1. The average Bonchev–Trinajstić information content (AvgIpc) is 3.34. The molecule has 1 saturated heterocycles. The Morgan fingerprint density at radius 3 is 2.75 bits per heavy atom. The molecule has 0 aliphatic carbocycles. The van der Waals surface area contributed by atoms with Crippen molar-refractivity contribution < 1.29 is 14.3 Å². The summed E-state index contributed by atoms with van der Waals surface area (Å²) in [6.45, 7) is 4.02. The van der Waals surface area contributed by atoms with Gasteiger partial charge in [-0.3, -0.25) is 19.7 Å². The van der Waals surface area contributed by atoms with Crippen LogP contribution in [0.4, 0.5) is 0 Å². The Kier molecular flexibility index (Phi) is 6.79. The van der Waals surface area contributed by atoms with Crippen LogP contribution in [0.2, 0.25) is 0 Å². The van der Waals surface area contributed by atoms with E-state index in [1.165, 1.54) is 0 Å². The number of aromatic amines is 1. The van der Waals surface area contributed by atoms with Gasteiger partial charge in [0.05, 0.1) is 12.3 Å². The number of carbonyl (C=O) groups is 2. The van der Waals surface area contributed by atoms with Crippen molar-refractivity contribution in [1.29, 1.82) is 0 Å². The Hall–Kier alpha value is -3.68. The lowest BCUT2D eigenvalue weighted by molar-refractivity contribution is -0.126. The molecule has 0 unspecified atom stereocenters. The summed E-state index contributed by atoms with van der Waals surface area (Å²) in [7, 11) is 0. The molecular formula is C24H27N5O3. The maximum atomic E-state index is 12.9. The summed E-state index contributed by atoms with van der Waals surface area (Å²) in [5.41, 5.74) is 2.94. The maximum Gasteiger partial charge on any atom is 0.271 e. The Morgan fingerprint density at radius 1 is 1.19 bits per heavy atom. The summed E-state index contributed by atoms with van der Waals surface area (Å²) < 4.78 is 5.62. The molecule has 0 atom stereocenters. The summed E-state index contributed by atoms with van der Waals surface area (Å²) in [6, 6.07) is 13.2. The number of likely N-dealkylation sites (tertiary alicyclic amines) is 1. The number of nitrogens with zero attached hydrogens (tertiary/aromatic N) is 3. The highest BCUT2D eigenvalue weighted by Gasteiger charge is 2.28. The number of nitrogens with one attached hydrogen (secondary N) is 2. The van der Waals surface area contributed by atoms with E-state index >= 15 is 0 Å². The van der Waals surface area contributed by atoms with E-state index in [1.807, 2.05) is 43.3 Å². The SMILES string of the molecule is CCOc1ccccc1CNC(=O)C1CCN(C(=O)c2cc(-c3cccnc3)n[nH]2)CC1. The first kappa shape index (κ1) is 21.5. The van der Waals surface area contributed by atoms with Crippen molar-refractivity contribution >= 4 is 11.8 Å². The monoisotopic (exact) mass is 433 g/mol. The summed E-state index contributed by atoms with van der Waals surface area (Å²) in [4.78, 5) is 31.4. The van der Waals surface area contributed by atoms with Crippen LogP contribution in [-0.4, -0.2) is 51.6 Å². The molecule has 0 saturated carbocycles. The Bertz CT molecular complexity index is 1060. The van der Waals surface area contributed by atoms with Crippen molar-refractivity contribution in [2.75, 3.05) is 19.7 Å². The second-order valence-corrected chi connectivity index (χ2v) is 7.73. The molecule has 1 aromatic carbocycles. The van der Waals surface area contributed by atoms with Gasteiger partial charge in [0.25, 0.3) is 5.91 Å². The van der Waals surface area contributed by atoms with E-state index < -0.39 is 0 Å². The number of carbonyl (C=O) groups excluding carboxylic acids is 2. The van der Waals surface area contributed by atoms with Gasteiger partial charge in [0.2, 0.25) is 5.91 Å². The van der Waals surface area contributed by atoms with Crippen LogP contribution >= 0.6 is 0 Å². The number of H-pyrrole nitrogens is 1. The fourth-order valence-corrected chi connectivity index (χ4v) is 3.88. The van der Waals surface area contributed by atoms with Crippen molar-refractivity contribution in [3.8, 4) is 17.0 Å². The average molecular weight is 434 g/mol. The lowest BCUT2D eigenvalue weighted by Crippen LogP contribution is -2.43. The molecule has 0 bridgehead atoms. The molecular weight excluding hydrogens is 406 g/mol. The number of hydrogen-bond donors (Lipinski definition) is 2. The molecule has 0 spiro atoms. The predicted molar refractivity (Wildman–Crippen MR) is 120 cm³/mol. The first-order valence-electron chi connectivity index (χ1n) is 10.9. The van der Waals surface area contributed by atoms with E-state index in [9.17, 15) is 9.59 Å². The molecule has 4 rings (SSSR count). The van der Waals surface area contributed by atoms with Crippen LogP contribution in [0.1, 0.15) is 35.8 Å². The highest BCUT2D eigenvalue weighted by Crippen LogP contribution is 2.22. The van der Waals surface area contributed by atoms with Gasteiger partial charge in [0.1, 0.15) is 11.4 Å². The predicted octanol–water partition coefficient (Wildman–Crippen LogP) is 3.04. The number of piperidine rings is 1. The van der Waals surface area contributed by atoms with E-state index in [1.54, 1.807) is 23.4 Å². The van der Waals surface area contributed by atoms with Crippen molar-refractivity contribution in [2.45, 2.75) is 26.3 Å². The number of benzene rings is 1. The summed E-state index contributed by atoms with van der Waals surface area (Å²) in [5, 5.41) is 10.1. The number of para-hydroxylation sites is 1. The molecule has 2 aromatic heterocycles. The molecule has 32 heavy (non-hydrogen) atoms. The Morgan fingerprint density at radius 2 is 2.00 bits per heavy atom. The van der Waals surface area contributed by atoms with Gasteiger partial charge in [-0.15, -0.1) is 0 Å². The number of amides is 2. The summed E-state index contributed by atoms with van der Waals surface area (Å²) in [6.07, 6.45) is 4.67. The van der Waals surface area contributed by atoms with Gasteiger partial charge in [-0.25, -0.2) is 0 Å². The molecule has 0 radical (unpaired) electrons. The smallest absolute Gasteiger partial charge is 0.271 e. The van der Waals surface area contributed by atoms with Gasteiger partial charge in [0, 0.05) is 49.1 Å². The van der Waals surface area contributed by atoms with Crippen LogP contribution < -0.4 is 10.1 Å². The van der Waals surface area contributed by atoms with Gasteiger partial charge >= 0.3 is 0 Å². The van der Waals surface area contributed by atoms with Crippen molar-refractivity contribution in [3.05, 3.63) is 66.1 Å². The molecule has 8 heteroatoms. The molecule has 2 N–H and O–H groups in total. The summed E-state index contributed by atoms with van der Waals surface area (Å²) in [5.74, 6) is 0.605. The third kappa shape index (κ3) is 4.96. The third-order valence-electron chi connectivity index (χ3n) is 5.64. The molecule has 3 heterocycles. The van der Waals surface area contributed by atoms with E-state index in [4.69, 9.17) is 4.74 Å². The zero-order chi connectivity index (χ0) is 22.3. The summed E-state index contributed by atoms with van der Waals surface area (Å²) >= 11 is 0. The third-order valence-corrected chi connectivity index (χ3v) is 5.64. The van der Waals surface area contributed by atoms with Crippen molar-refractivity contribution in [2.24, 2.45) is 5.92 Å². The highest BCUT2D eigenvalue weighted by molar-refractivity contribution is 5.93. The maximum absolute atomic E-state index is 12.9. The standard InChI is InChI=1S/C24H27N5O3/c1-2-32-22-8-4-3-6-19(22)16-26-23(30)17-9-12-29(13-10-17)24(31)21-14-20(27-28-21)18-7-5-11-25-15-18/h3-8,11,14-15,17H,2,9-10,12-13,16H2,1H3,(H,26,30)(H,27,28). The fourth-order valence-electron chi connectivity index (χ4n) is 3.88. The lowest BCUT2D eigenvalue weighted by atomic mass is 9.95.